The molecule has 122 valence electrons. The minimum absolute atomic E-state index is 0.104. The van der Waals surface area contributed by atoms with Crippen LogP contribution in [0.15, 0.2) is 35.8 Å². The Morgan fingerprint density at radius 1 is 1.43 bits per heavy atom. The van der Waals surface area contributed by atoms with Gasteiger partial charge in [0.15, 0.2) is 0 Å². The fourth-order valence-electron chi connectivity index (χ4n) is 3.18. The summed E-state index contributed by atoms with van der Waals surface area (Å²) >= 11 is 1.60. The Labute approximate surface area is 141 Å². The Kier molecular flexibility index (Phi) is 5.41. The van der Waals surface area contributed by atoms with Crippen molar-refractivity contribution in [1.29, 1.82) is 0 Å². The number of piperidine rings is 1. The van der Waals surface area contributed by atoms with Crippen LogP contribution in [0.5, 0.6) is 0 Å². The molecule has 5 heteroatoms. The summed E-state index contributed by atoms with van der Waals surface area (Å²) in [5.74, 6) is 1.19. The van der Waals surface area contributed by atoms with Crippen molar-refractivity contribution in [1.82, 2.24) is 10.3 Å². The van der Waals surface area contributed by atoms with Crippen LogP contribution in [0.25, 0.3) is 10.6 Å². The molecule has 0 radical (unpaired) electrons. The largest absolute Gasteiger partial charge is 0.326 e. The molecular weight excluding hydrogens is 306 g/mol. The summed E-state index contributed by atoms with van der Waals surface area (Å²) in [6.45, 7) is 4.35. The second-order valence-electron chi connectivity index (χ2n) is 6.24. The summed E-state index contributed by atoms with van der Waals surface area (Å²) in [5.41, 5.74) is 1.89. The monoisotopic (exact) mass is 329 g/mol. The van der Waals surface area contributed by atoms with Gasteiger partial charge in [0.05, 0.1) is 0 Å². The zero-order valence-corrected chi connectivity index (χ0v) is 14.2. The van der Waals surface area contributed by atoms with E-state index in [1.165, 1.54) is 12.8 Å². The molecule has 0 spiro atoms. The first-order chi connectivity index (χ1) is 11.2. The van der Waals surface area contributed by atoms with Gasteiger partial charge in [-0.25, -0.2) is 4.98 Å². The molecule has 1 unspecified atom stereocenters. The van der Waals surface area contributed by atoms with Crippen molar-refractivity contribution < 1.29 is 4.79 Å². The standard InChI is InChI=1S/C18H23N3OS/c1-13(14-5-7-19-8-6-14)11-17(22)21-16-4-2-3-15(12-16)18-20-9-10-23-18/h2-4,9-10,12-14,19H,5-8,11H2,1H3,(H,21,22). The van der Waals surface area contributed by atoms with Gasteiger partial charge < -0.3 is 10.6 Å². The van der Waals surface area contributed by atoms with Crippen LogP contribution in [0.2, 0.25) is 0 Å². The van der Waals surface area contributed by atoms with Crippen molar-refractivity contribution in [2.45, 2.75) is 26.2 Å². The van der Waals surface area contributed by atoms with Gasteiger partial charge in [-0.2, -0.15) is 0 Å². The van der Waals surface area contributed by atoms with Crippen LogP contribution in [0.4, 0.5) is 5.69 Å². The Balaban J connectivity index is 1.58. The van der Waals surface area contributed by atoms with Crippen LogP contribution in [-0.4, -0.2) is 24.0 Å². The number of benzene rings is 1. The highest BCUT2D eigenvalue weighted by atomic mass is 32.1. The van der Waals surface area contributed by atoms with Crippen molar-refractivity contribution in [3.8, 4) is 10.6 Å². The van der Waals surface area contributed by atoms with E-state index in [1.807, 2.05) is 29.6 Å². The molecule has 4 nitrogen and oxygen atoms in total. The number of anilines is 1. The molecule has 1 atom stereocenters. The van der Waals surface area contributed by atoms with Gasteiger partial charge in [-0.3, -0.25) is 4.79 Å². The van der Waals surface area contributed by atoms with E-state index in [2.05, 4.69) is 22.5 Å². The molecule has 1 aliphatic heterocycles. The normalized spacial score (nSPS) is 16.9. The quantitative estimate of drug-likeness (QED) is 0.878. The summed E-state index contributed by atoms with van der Waals surface area (Å²) in [7, 11) is 0. The average Bonchev–Trinajstić information content (AvgIpc) is 3.10. The number of carbonyl (C=O) groups excluding carboxylic acids is 1. The van der Waals surface area contributed by atoms with E-state index in [-0.39, 0.29) is 5.91 Å². The lowest BCUT2D eigenvalue weighted by Gasteiger charge is -2.27. The number of hydrogen-bond acceptors (Lipinski definition) is 4. The van der Waals surface area contributed by atoms with Gasteiger partial charge in [-0.15, -0.1) is 11.3 Å². The third kappa shape index (κ3) is 4.39. The number of rotatable bonds is 5. The summed E-state index contributed by atoms with van der Waals surface area (Å²) in [6, 6.07) is 7.91. The summed E-state index contributed by atoms with van der Waals surface area (Å²) in [4.78, 5) is 16.6. The molecule has 1 amide bonds. The Bertz CT molecular complexity index is 635. The topological polar surface area (TPSA) is 54.0 Å². The zero-order chi connectivity index (χ0) is 16.1. The Hall–Kier alpha value is -1.72. The third-order valence-corrected chi connectivity index (χ3v) is 5.34. The molecule has 1 aromatic heterocycles. The summed E-state index contributed by atoms with van der Waals surface area (Å²) in [6.07, 6.45) is 4.74. The molecule has 1 fully saturated rings. The van der Waals surface area contributed by atoms with Gasteiger partial charge in [-0.05, 0) is 49.9 Å². The second kappa shape index (κ2) is 7.70. The number of hydrogen-bond donors (Lipinski definition) is 2. The smallest absolute Gasteiger partial charge is 0.224 e. The molecule has 0 saturated carbocycles. The van der Waals surface area contributed by atoms with Gasteiger partial charge >= 0.3 is 0 Å². The number of aromatic nitrogens is 1. The van der Waals surface area contributed by atoms with E-state index in [0.29, 0.717) is 18.3 Å². The molecule has 3 rings (SSSR count). The van der Waals surface area contributed by atoms with E-state index >= 15 is 0 Å². The van der Waals surface area contributed by atoms with Crippen LogP contribution in [0.1, 0.15) is 26.2 Å². The molecule has 0 bridgehead atoms. The highest BCUT2D eigenvalue weighted by Gasteiger charge is 2.22. The van der Waals surface area contributed by atoms with E-state index < -0.39 is 0 Å². The van der Waals surface area contributed by atoms with Crippen molar-refractivity contribution in [3.05, 3.63) is 35.8 Å². The first-order valence-corrected chi connectivity index (χ1v) is 9.11. The predicted molar refractivity (Wildman–Crippen MR) is 95.6 cm³/mol. The van der Waals surface area contributed by atoms with Crippen LogP contribution < -0.4 is 10.6 Å². The number of carbonyl (C=O) groups is 1. The molecule has 2 N–H and O–H groups in total. The van der Waals surface area contributed by atoms with Crippen molar-refractivity contribution in [3.63, 3.8) is 0 Å². The number of amides is 1. The third-order valence-electron chi connectivity index (χ3n) is 4.52. The van der Waals surface area contributed by atoms with Gasteiger partial charge in [0.1, 0.15) is 5.01 Å². The van der Waals surface area contributed by atoms with Crippen LogP contribution in [-0.2, 0) is 4.79 Å². The number of thiazole rings is 1. The fraction of sp³-hybridized carbons (Fsp3) is 0.444. The maximum Gasteiger partial charge on any atom is 0.224 e. The van der Waals surface area contributed by atoms with Crippen LogP contribution in [0.3, 0.4) is 0 Å². The van der Waals surface area contributed by atoms with Gasteiger partial charge in [0.25, 0.3) is 0 Å². The summed E-state index contributed by atoms with van der Waals surface area (Å²) < 4.78 is 0. The first-order valence-electron chi connectivity index (χ1n) is 8.23. The SMILES string of the molecule is CC(CC(=O)Nc1cccc(-c2nccs2)c1)C1CCNCC1. The molecule has 0 aliphatic carbocycles. The number of nitrogens with zero attached hydrogens (tertiary/aromatic N) is 1. The van der Waals surface area contributed by atoms with Crippen molar-refractivity contribution in [2.75, 3.05) is 18.4 Å². The summed E-state index contributed by atoms with van der Waals surface area (Å²) in [5, 5.41) is 9.35. The maximum atomic E-state index is 12.3. The minimum atomic E-state index is 0.104. The second-order valence-corrected chi connectivity index (χ2v) is 7.13. The zero-order valence-electron chi connectivity index (χ0n) is 13.4. The first kappa shape index (κ1) is 16.1. The Morgan fingerprint density at radius 3 is 3.00 bits per heavy atom. The minimum Gasteiger partial charge on any atom is -0.326 e. The van der Waals surface area contributed by atoms with Gasteiger partial charge in [0, 0.05) is 29.2 Å². The molecular formula is C18H23N3OS. The lowest BCUT2D eigenvalue weighted by atomic mass is 9.84. The van der Waals surface area contributed by atoms with Gasteiger partial charge in [-0.1, -0.05) is 19.1 Å². The van der Waals surface area contributed by atoms with Gasteiger partial charge in [0.2, 0.25) is 5.91 Å². The molecule has 23 heavy (non-hydrogen) atoms. The molecule has 2 heterocycles. The highest BCUT2D eigenvalue weighted by Crippen LogP contribution is 2.26. The molecule has 2 aromatic rings. The van der Waals surface area contributed by atoms with Crippen LogP contribution in [0, 0.1) is 11.8 Å². The average molecular weight is 329 g/mol. The molecule has 1 aliphatic rings. The maximum absolute atomic E-state index is 12.3. The lowest BCUT2D eigenvalue weighted by molar-refractivity contribution is -0.117. The van der Waals surface area contributed by atoms with E-state index in [0.717, 1.165) is 29.3 Å². The van der Waals surface area contributed by atoms with E-state index in [4.69, 9.17) is 0 Å². The number of nitrogens with one attached hydrogen (secondary N) is 2. The lowest BCUT2D eigenvalue weighted by Crippen LogP contribution is -2.32. The predicted octanol–water partition coefficient (Wildman–Crippen LogP) is 3.77. The highest BCUT2D eigenvalue weighted by molar-refractivity contribution is 7.13. The van der Waals surface area contributed by atoms with Crippen molar-refractivity contribution in [2.24, 2.45) is 11.8 Å². The van der Waals surface area contributed by atoms with E-state index in [9.17, 15) is 4.79 Å². The van der Waals surface area contributed by atoms with E-state index in [1.54, 1.807) is 17.5 Å². The molecule has 1 aromatic carbocycles. The van der Waals surface area contributed by atoms with Crippen molar-refractivity contribution >= 4 is 22.9 Å². The molecule has 1 saturated heterocycles. The fourth-order valence-corrected chi connectivity index (χ4v) is 3.82. The van der Waals surface area contributed by atoms with Crippen LogP contribution >= 0.6 is 11.3 Å². The Morgan fingerprint density at radius 2 is 2.26 bits per heavy atom.